The highest BCUT2D eigenvalue weighted by Gasteiger charge is 2.27. The van der Waals surface area contributed by atoms with Crippen LogP contribution in [0.3, 0.4) is 0 Å². The molecule has 26 heavy (non-hydrogen) atoms. The summed E-state index contributed by atoms with van der Waals surface area (Å²) in [4.78, 5) is 12.5. The van der Waals surface area contributed by atoms with Crippen LogP contribution in [0.2, 0.25) is 0 Å². The second-order valence-electron chi connectivity index (χ2n) is 6.25. The summed E-state index contributed by atoms with van der Waals surface area (Å²) in [6.07, 6.45) is 1.83. The number of nitro benzene ring substituents is 1. The highest BCUT2D eigenvalue weighted by atomic mass is 32.2. The van der Waals surface area contributed by atoms with Crippen LogP contribution in [0.15, 0.2) is 53.4 Å². The molecule has 1 atom stereocenters. The fourth-order valence-corrected chi connectivity index (χ4v) is 3.71. The molecular formula is C17H20N4O4S. The van der Waals surface area contributed by atoms with E-state index in [4.69, 9.17) is 5.14 Å². The van der Waals surface area contributed by atoms with Crippen LogP contribution in [-0.4, -0.2) is 32.5 Å². The number of nitro groups is 1. The largest absolute Gasteiger partial charge is 0.381 e. The Morgan fingerprint density at radius 3 is 2.58 bits per heavy atom. The predicted molar refractivity (Wildman–Crippen MR) is 99.8 cm³/mol. The smallest absolute Gasteiger partial charge is 0.293 e. The number of hydrogen-bond acceptors (Lipinski definition) is 6. The third-order valence-electron chi connectivity index (χ3n) is 4.38. The Morgan fingerprint density at radius 2 is 1.92 bits per heavy atom. The maximum atomic E-state index is 11.5. The summed E-state index contributed by atoms with van der Waals surface area (Å²) in [7, 11) is -3.99. The third-order valence-corrected chi connectivity index (χ3v) is 5.29. The summed E-state index contributed by atoms with van der Waals surface area (Å²) >= 11 is 0. The number of benzene rings is 2. The molecule has 9 heteroatoms. The van der Waals surface area contributed by atoms with Gasteiger partial charge in [0.25, 0.3) is 5.69 Å². The van der Waals surface area contributed by atoms with Gasteiger partial charge in [-0.3, -0.25) is 10.1 Å². The number of anilines is 2. The van der Waals surface area contributed by atoms with E-state index in [-0.39, 0.29) is 16.6 Å². The number of sulfonamides is 1. The number of piperidine rings is 1. The standard InChI is InChI=1S/C17H20N4O4S/c18-26(24,25)15-8-9-16(17(11-15)21(22)23)20-10-4-7-14(12-20)19-13-5-2-1-3-6-13/h1-3,5-6,8-9,11,14,19H,4,7,10,12H2,(H2,18,24,25). The first-order valence-electron chi connectivity index (χ1n) is 8.22. The van der Waals surface area contributed by atoms with Crippen molar-refractivity contribution in [1.29, 1.82) is 0 Å². The summed E-state index contributed by atoms with van der Waals surface area (Å²) in [5, 5.41) is 20.0. The van der Waals surface area contributed by atoms with Crippen molar-refractivity contribution in [2.24, 2.45) is 5.14 Å². The molecule has 0 radical (unpaired) electrons. The molecule has 0 bridgehead atoms. The van der Waals surface area contributed by atoms with Crippen LogP contribution in [0.25, 0.3) is 0 Å². The average Bonchev–Trinajstić information content (AvgIpc) is 2.61. The van der Waals surface area contributed by atoms with Crippen LogP contribution in [-0.2, 0) is 10.0 Å². The lowest BCUT2D eigenvalue weighted by Crippen LogP contribution is -2.42. The fraction of sp³-hybridized carbons (Fsp3) is 0.294. The molecule has 1 saturated heterocycles. The van der Waals surface area contributed by atoms with E-state index in [1.54, 1.807) is 0 Å². The van der Waals surface area contributed by atoms with E-state index in [9.17, 15) is 18.5 Å². The van der Waals surface area contributed by atoms with E-state index >= 15 is 0 Å². The topological polar surface area (TPSA) is 119 Å². The molecule has 1 fully saturated rings. The van der Waals surface area contributed by atoms with Gasteiger partial charge in [0.1, 0.15) is 5.69 Å². The van der Waals surface area contributed by atoms with Crippen LogP contribution in [0.5, 0.6) is 0 Å². The molecule has 0 spiro atoms. The van der Waals surface area contributed by atoms with Crippen LogP contribution < -0.4 is 15.4 Å². The zero-order chi connectivity index (χ0) is 18.7. The van der Waals surface area contributed by atoms with Gasteiger partial charge in [-0.2, -0.15) is 0 Å². The molecule has 0 aromatic heterocycles. The van der Waals surface area contributed by atoms with Gasteiger partial charge in [0.05, 0.1) is 9.82 Å². The van der Waals surface area contributed by atoms with Gasteiger partial charge in [-0.15, -0.1) is 0 Å². The number of hydrogen-bond donors (Lipinski definition) is 2. The van der Waals surface area contributed by atoms with Crippen molar-refractivity contribution in [3.8, 4) is 0 Å². The van der Waals surface area contributed by atoms with E-state index in [0.717, 1.165) is 24.6 Å². The Kier molecular flexibility index (Phi) is 5.10. The predicted octanol–water partition coefficient (Wildman–Crippen LogP) is 2.32. The van der Waals surface area contributed by atoms with E-state index in [2.05, 4.69) is 5.32 Å². The highest BCUT2D eigenvalue weighted by molar-refractivity contribution is 7.89. The number of para-hydroxylation sites is 1. The molecule has 0 saturated carbocycles. The molecule has 0 amide bonds. The number of nitrogens with zero attached hydrogens (tertiary/aromatic N) is 2. The zero-order valence-corrected chi connectivity index (χ0v) is 14.9. The number of rotatable bonds is 5. The maximum Gasteiger partial charge on any atom is 0.293 e. The number of primary sulfonamides is 1. The van der Waals surface area contributed by atoms with Gasteiger partial charge >= 0.3 is 0 Å². The summed E-state index contributed by atoms with van der Waals surface area (Å²) in [5.74, 6) is 0. The molecule has 3 rings (SSSR count). The molecule has 2 aromatic carbocycles. The molecule has 1 heterocycles. The monoisotopic (exact) mass is 376 g/mol. The van der Waals surface area contributed by atoms with Crippen molar-refractivity contribution < 1.29 is 13.3 Å². The van der Waals surface area contributed by atoms with Gasteiger partial charge in [0.2, 0.25) is 10.0 Å². The SMILES string of the molecule is NS(=O)(=O)c1ccc(N2CCCC(Nc3ccccc3)C2)c([N+](=O)[O-])c1. The van der Waals surface area contributed by atoms with Crippen molar-refractivity contribution in [1.82, 2.24) is 0 Å². The Bertz CT molecular complexity index is 902. The van der Waals surface area contributed by atoms with Crippen molar-refractivity contribution in [2.45, 2.75) is 23.8 Å². The second-order valence-corrected chi connectivity index (χ2v) is 7.81. The van der Waals surface area contributed by atoms with Crippen molar-refractivity contribution >= 4 is 27.1 Å². The van der Waals surface area contributed by atoms with Gasteiger partial charge in [-0.1, -0.05) is 18.2 Å². The minimum Gasteiger partial charge on any atom is -0.381 e. The Balaban J connectivity index is 1.84. The minimum atomic E-state index is -3.99. The lowest BCUT2D eigenvalue weighted by molar-refractivity contribution is -0.384. The molecule has 1 unspecified atom stereocenters. The molecule has 138 valence electrons. The lowest BCUT2D eigenvalue weighted by Gasteiger charge is -2.35. The Hall–Kier alpha value is -2.65. The molecule has 0 aliphatic carbocycles. The maximum absolute atomic E-state index is 11.5. The first-order chi connectivity index (χ1) is 12.3. The zero-order valence-electron chi connectivity index (χ0n) is 14.0. The molecule has 8 nitrogen and oxygen atoms in total. The summed E-state index contributed by atoms with van der Waals surface area (Å²) in [6.45, 7) is 1.26. The van der Waals surface area contributed by atoms with Crippen molar-refractivity contribution in [3.05, 3.63) is 58.6 Å². The quantitative estimate of drug-likeness (QED) is 0.611. The second kappa shape index (κ2) is 7.30. The van der Waals surface area contributed by atoms with Crippen LogP contribution in [0, 0.1) is 10.1 Å². The van der Waals surface area contributed by atoms with E-state index in [0.29, 0.717) is 18.8 Å². The highest BCUT2D eigenvalue weighted by Crippen LogP contribution is 2.32. The molecule has 1 aliphatic rings. The van der Waals surface area contributed by atoms with Crippen molar-refractivity contribution in [3.63, 3.8) is 0 Å². The van der Waals surface area contributed by atoms with Gasteiger partial charge < -0.3 is 10.2 Å². The van der Waals surface area contributed by atoms with Crippen LogP contribution in [0.1, 0.15) is 12.8 Å². The van der Waals surface area contributed by atoms with Gasteiger partial charge in [0.15, 0.2) is 0 Å². The van der Waals surface area contributed by atoms with Gasteiger partial charge in [-0.25, -0.2) is 13.6 Å². The summed E-state index contributed by atoms with van der Waals surface area (Å²) in [5.41, 5.74) is 1.15. The van der Waals surface area contributed by atoms with Gasteiger partial charge in [-0.05, 0) is 37.1 Å². The van der Waals surface area contributed by atoms with Crippen LogP contribution in [0.4, 0.5) is 17.1 Å². The van der Waals surface area contributed by atoms with Crippen molar-refractivity contribution in [2.75, 3.05) is 23.3 Å². The summed E-state index contributed by atoms with van der Waals surface area (Å²) < 4.78 is 23.0. The third kappa shape index (κ3) is 4.12. The summed E-state index contributed by atoms with van der Waals surface area (Å²) in [6, 6.07) is 13.7. The van der Waals surface area contributed by atoms with Gasteiger partial charge in [0, 0.05) is 30.9 Å². The van der Waals surface area contributed by atoms with Crippen LogP contribution >= 0.6 is 0 Å². The Morgan fingerprint density at radius 1 is 1.19 bits per heavy atom. The minimum absolute atomic E-state index is 0.142. The molecular weight excluding hydrogens is 356 g/mol. The fourth-order valence-electron chi connectivity index (χ4n) is 3.18. The number of nitrogens with two attached hydrogens (primary N) is 1. The molecule has 1 aliphatic heterocycles. The average molecular weight is 376 g/mol. The number of nitrogens with one attached hydrogen (secondary N) is 1. The van der Waals surface area contributed by atoms with E-state index in [1.807, 2.05) is 35.2 Å². The molecule has 2 aromatic rings. The Labute approximate surface area is 151 Å². The lowest BCUT2D eigenvalue weighted by atomic mass is 10.0. The normalized spacial score (nSPS) is 17.7. The van der Waals surface area contributed by atoms with E-state index < -0.39 is 14.9 Å². The first kappa shape index (κ1) is 18.2. The first-order valence-corrected chi connectivity index (χ1v) is 9.77. The van der Waals surface area contributed by atoms with E-state index in [1.165, 1.54) is 12.1 Å². The molecule has 3 N–H and O–H groups in total.